The van der Waals surface area contributed by atoms with Crippen LogP contribution < -0.4 is 0 Å². The summed E-state index contributed by atoms with van der Waals surface area (Å²) < 4.78 is 1.00. The number of fused-ring (bicyclic) bond motifs is 2. The van der Waals surface area contributed by atoms with E-state index in [9.17, 15) is 5.11 Å². The van der Waals surface area contributed by atoms with Gasteiger partial charge in [-0.1, -0.05) is 64.5 Å². The molecule has 0 saturated heterocycles. The second-order valence-corrected chi connectivity index (χ2v) is 5.55. The van der Waals surface area contributed by atoms with Crippen molar-refractivity contribution in [3.63, 3.8) is 0 Å². The van der Waals surface area contributed by atoms with Crippen molar-refractivity contribution in [3.8, 4) is 0 Å². The predicted octanol–water partition coefficient (Wildman–Crippen LogP) is 4.15. The first kappa shape index (κ1) is 11.7. The van der Waals surface area contributed by atoms with E-state index < -0.39 is 5.60 Å². The van der Waals surface area contributed by atoms with Gasteiger partial charge in [0.2, 0.25) is 0 Å². The van der Waals surface area contributed by atoms with Gasteiger partial charge in [-0.25, -0.2) is 0 Å². The van der Waals surface area contributed by atoms with Crippen LogP contribution >= 0.6 is 15.9 Å². The van der Waals surface area contributed by atoms with Crippen LogP contribution in [0.25, 0.3) is 10.6 Å². The van der Waals surface area contributed by atoms with Gasteiger partial charge in [-0.3, -0.25) is 0 Å². The van der Waals surface area contributed by atoms with Crippen molar-refractivity contribution < 1.29 is 5.11 Å². The number of benzene rings is 2. The Morgan fingerprint density at radius 1 is 0.944 bits per heavy atom. The molecule has 2 aromatic carbocycles. The lowest BCUT2D eigenvalue weighted by molar-refractivity contribution is 0.102. The predicted molar refractivity (Wildman–Crippen MR) is 78.4 cm³/mol. The van der Waals surface area contributed by atoms with Crippen molar-refractivity contribution >= 4 is 26.5 Å². The maximum Gasteiger partial charge on any atom is 0.113 e. The first-order chi connectivity index (χ1) is 8.60. The molecule has 1 atom stereocenters. The maximum atomic E-state index is 10.9. The van der Waals surface area contributed by atoms with Gasteiger partial charge in [0.1, 0.15) is 5.60 Å². The molecule has 0 spiro atoms. The molecule has 1 aliphatic rings. The van der Waals surface area contributed by atoms with E-state index in [1.165, 1.54) is 0 Å². The van der Waals surface area contributed by atoms with Crippen molar-refractivity contribution in [3.05, 3.63) is 70.8 Å². The minimum absolute atomic E-state index is 0.929. The lowest BCUT2D eigenvalue weighted by Crippen LogP contribution is -2.24. The third-order valence-corrected chi connectivity index (χ3v) is 4.13. The van der Waals surface area contributed by atoms with E-state index in [0.717, 1.165) is 26.7 Å². The highest BCUT2D eigenvalue weighted by atomic mass is 79.9. The summed E-state index contributed by atoms with van der Waals surface area (Å²) in [5.74, 6) is 0. The standard InChI is InChI=1S/C16H13BrO/c1-16(18)13-8-4-2-6-11(13)10-15(17)12-7-3-5-9-14(12)16/h2-10,18H,1H3/t16-/m0/s1. The molecular formula is C16H13BrO. The molecule has 1 N–H and O–H groups in total. The van der Waals surface area contributed by atoms with E-state index in [1.807, 2.05) is 55.5 Å². The molecule has 3 rings (SSSR count). The number of aliphatic hydroxyl groups is 1. The summed E-state index contributed by atoms with van der Waals surface area (Å²) in [4.78, 5) is 0. The van der Waals surface area contributed by atoms with Crippen LogP contribution in [0.1, 0.15) is 29.2 Å². The SMILES string of the molecule is C[C@]1(O)c2ccccc2C=C(Br)c2ccccc21. The van der Waals surface area contributed by atoms with Crippen LogP contribution in [0.5, 0.6) is 0 Å². The zero-order valence-corrected chi connectivity index (χ0v) is 11.6. The molecule has 0 heterocycles. The van der Waals surface area contributed by atoms with Crippen LogP contribution in [0.15, 0.2) is 48.5 Å². The monoisotopic (exact) mass is 300 g/mol. The highest BCUT2D eigenvalue weighted by Gasteiger charge is 2.32. The fraction of sp³-hybridized carbons (Fsp3) is 0.125. The van der Waals surface area contributed by atoms with Gasteiger partial charge in [-0.05, 0) is 35.3 Å². The van der Waals surface area contributed by atoms with Gasteiger partial charge in [0.15, 0.2) is 0 Å². The molecule has 0 fully saturated rings. The zero-order chi connectivity index (χ0) is 12.8. The lowest BCUT2D eigenvalue weighted by Gasteiger charge is -2.26. The third kappa shape index (κ3) is 1.64. The number of halogens is 1. The van der Waals surface area contributed by atoms with Gasteiger partial charge in [0.25, 0.3) is 0 Å². The smallest absolute Gasteiger partial charge is 0.113 e. The topological polar surface area (TPSA) is 20.2 Å². The Bertz CT molecular complexity index is 641. The van der Waals surface area contributed by atoms with Crippen LogP contribution in [-0.2, 0) is 5.60 Å². The van der Waals surface area contributed by atoms with Gasteiger partial charge in [0, 0.05) is 4.48 Å². The van der Waals surface area contributed by atoms with E-state index in [1.54, 1.807) is 0 Å². The molecule has 18 heavy (non-hydrogen) atoms. The Balaban J connectivity index is 2.40. The summed E-state index contributed by atoms with van der Waals surface area (Å²) in [6, 6.07) is 15.9. The summed E-state index contributed by atoms with van der Waals surface area (Å²) in [5.41, 5.74) is 2.98. The molecule has 0 bridgehead atoms. The summed E-state index contributed by atoms with van der Waals surface area (Å²) in [5, 5.41) is 10.9. The number of hydrogen-bond donors (Lipinski definition) is 1. The number of hydrogen-bond acceptors (Lipinski definition) is 1. The van der Waals surface area contributed by atoms with Crippen LogP contribution in [0.2, 0.25) is 0 Å². The highest BCUT2D eigenvalue weighted by Crippen LogP contribution is 2.41. The Labute approximate surface area is 115 Å². The van der Waals surface area contributed by atoms with Crippen molar-refractivity contribution in [2.45, 2.75) is 12.5 Å². The molecule has 0 aliphatic heterocycles. The van der Waals surface area contributed by atoms with E-state index in [0.29, 0.717) is 0 Å². The zero-order valence-electron chi connectivity index (χ0n) is 10.0. The van der Waals surface area contributed by atoms with Gasteiger partial charge in [0.05, 0.1) is 0 Å². The van der Waals surface area contributed by atoms with Gasteiger partial charge in [-0.15, -0.1) is 0 Å². The second kappa shape index (κ2) is 4.08. The summed E-state index contributed by atoms with van der Waals surface area (Å²) >= 11 is 3.61. The van der Waals surface area contributed by atoms with Gasteiger partial charge in [-0.2, -0.15) is 0 Å². The average molecular weight is 301 g/mol. The van der Waals surface area contributed by atoms with E-state index in [4.69, 9.17) is 0 Å². The normalized spacial score (nSPS) is 21.6. The maximum absolute atomic E-state index is 10.9. The molecule has 2 heteroatoms. The highest BCUT2D eigenvalue weighted by molar-refractivity contribution is 9.15. The second-order valence-electron chi connectivity index (χ2n) is 4.70. The van der Waals surface area contributed by atoms with Crippen molar-refractivity contribution in [1.29, 1.82) is 0 Å². The molecule has 2 aromatic rings. The van der Waals surface area contributed by atoms with Crippen LogP contribution in [0, 0.1) is 0 Å². The molecular weight excluding hydrogens is 288 g/mol. The fourth-order valence-electron chi connectivity index (χ4n) is 2.54. The molecule has 0 saturated carbocycles. The first-order valence-electron chi connectivity index (χ1n) is 5.89. The lowest BCUT2D eigenvalue weighted by atomic mass is 9.85. The van der Waals surface area contributed by atoms with Gasteiger partial charge < -0.3 is 5.11 Å². The minimum atomic E-state index is -0.973. The van der Waals surface area contributed by atoms with Crippen molar-refractivity contribution in [2.24, 2.45) is 0 Å². The van der Waals surface area contributed by atoms with E-state index in [2.05, 4.69) is 22.0 Å². The van der Waals surface area contributed by atoms with Crippen LogP contribution in [0.4, 0.5) is 0 Å². The Morgan fingerprint density at radius 2 is 1.56 bits per heavy atom. The fourth-order valence-corrected chi connectivity index (χ4v) is 3.13. The molecule has 1 nitrogen and oxygen atoms in total. The quantitative estimate of drug-likeness (QED) is 0.775. The van der Waals surface area contributed by atoms with Crippen molar-refractivity contribution in [2.75, 3.05) is 0 Å². The van der Waals surface area contributed by atoms with Crippen LogP contribution in [0.3, 0.4) is 0 Å². The largest absolute Gasteiger partial charge is 0.381 e. The summed E-state index contributed by atoms with van der Waals surface area (Å²) in [6.07, 6.45) is 2.07. The first-order valence-corrected chi connectivity index (χ1v) is 6.69. The molecule has 90 valence electrons. The minimum Gasteiger partial charge on any atom is -0.381 e. The molecule has 0 radical (unpaired) electrons. The molecule has 0 unspecified atom stereocenters. The molecule has 1 aliphatic carbocycles. The average Bonchev–Trinajstić information content (AvgIpc) is 2.46. The Hall–Kier alpha value is -1.38. The van der Waals surface area contributed by atoms with Gasteiger partial charge >= 0.3 is 0 Å². The third-order valence-electron chi connectivity index (χ3n) is 3.48. The Kier molecular flexibility index (Phi) is 2.65. The number of rotatable bonds is 0. The molecule has 0 aromatic heterocycles. The Morgan fingerprint density at radius 3 is 2.33 bits per heavy atom. The van der Waals surface area contributed by atoms with Crippen LogP contribution in [-0.4, -0.2) is 5.11 Å². The van der Waals surface area contributed by atoms with Crippen molar-refractivity contribution in [1.82, 2.24) is 0 Å². The molecule has 0 amide bonds. The van der Waals surface area contributed by atoms with E-state index >= 15 is 0 Å². The van der Waals surface area contributed by atoms with E-state index in [-0.39, 0.29) is 0 Å². The summed E-state index contributed by atoms with van der Waals surface area (Å²) in [7, 11) is 0. The summed E-state index contributed by atoms with van der Waals surface area (Å²) in [6.45, 7) is 1.85.